The molecule has 0 saturated carbocycles. The molecule has 0 amide bonds. The van der Waals surface area contributed by atoms with Gasteiger partial charge in [0, 0.05) is 5.70 Å². The molecule has 0 radical (unpaired) electrons. The number of nitrogens with one attached hydrogen (secondary N) is 1. The van der Waals surface area contributed by atoms with Crippen molar-refractivity contribution in [1.29, 1.82) is 0 Å². The number of hydrogen-bond acceptors (Lipinski definition) is 6. The van der Waals surface area contributed by atoms with E-state index in [0.29, 0.717) is 23.9 Å². The molecule has 19 heavy (non-hydrogen) atoms. The van der Waals surface area contributed by atoms with Crippen LogP contribution in [0.3, 0.4) is 0 Å². The molecule has 0 spiro atoms. The monoisotopic (exact) mass is 264 g/mol. The average Bonchev–Trinajstić information content (AvgIpc) is 2.43. The Morgan fingerprint density at radius 1 is 1.53 bits per heavy atom. The summed E-state index contributed by atoms with van der Waals surface area (Å²) in [6, 6.07) is 0. The molecule has 2 rings (SSSR count). The zero-order valence-corrected chi connectivity index (χ0v) is 11.1. The van der Waals surface area contributed by atoms with Crippen LogP contribution in [0.4, 0.5) is 11.8 Å². The lowest BCUT2D eigenvalue weighted by molar-refractivity contribution is 0.285. The Hall–Kier alpha value is -1.82. The van der Waals surface area contributed by atoms with Crippen LogP contribution >= 0.6 is 0 Å². The van der Waals surface area contributed by atoms with Crippen LogP contribution in [0.5, 0.6) is 5.75 Å². The maximum Gasteiger partial charge on any atom is 0.222 e. The minimum Gasteiger partial charge on any atom is -0.488 e. The van der Waals surface area contributed by atoms with E-state index < -0.39 is 0 Å². The summed E-state index contributed by atoms with van der Waals surface area (Å²) >= 11 is 0. The number of aliphatic hydroxyl groups excluding tert-OH is 1. The van der Waals surface area contributed by atoms with Gasteiger partial charge >= 0.3 is 0 Å². The lowest BCUT2D eigenvalue weighted by atomic mass is 10.2. The number of nitrogen functional groups attached to an aromatic ring is 1. The van der Waals surface area contributed by atoms with Crippen LogP contribution in [0.25, 0.3) is 0 Å². The molecule has 6 nitrogen and oxygen atoms in total. The van der Waals surface area contributed by atoms with Gasteiger partial charge < -0.3 is 20.9 Å². The van der Waals surface area contributed by atoms with E-state index in [1.807, 2.05) is 6.08 Å². The highest BCUT2D eigenvalue weighted by Gasteiger charge is 2.19. The minimum absolute atomic E-state index is 0.0708. The van der Waals surface area contributed by atoms with Gasteiger partial charge in [-0.1, -0.05) is 19.4 Å². The Balaban J connectivity index is 2.26. The van der Waals surface area contributed by atoms with Crippen LogP contribution in [0.2, 0.25) is 0 Å². The van der Waals surface area contributed by atoms with E-state index in [-0.39, 0.29) is 12.6 Å². The van der Waals surface area contributed by atoms with Crippen LogP contribution in [0.15, 0.2) is 11.8 Å². The molecular weight excluding hydrogens is 244 g/mol. The Morgan fingerprint density at radius 2 is 2.37 bits per heavy atom. The molecule has 2 heterocycles. The molecule has 104 valence electrons. The number of rotatable bonds is 5. The Kier molecular flexibility index (Phi) is 4.57. The SMILES string of the molecule is CCC/C=C(\CO)Nc1nc(N)nc2c1OCCC2. The summed E-state index contributed by atoms with van der Waals surface area (Å²) in [5.41, 5.74) is 7.23. The molecule has 6 heteroatoms. The highest BCUT2D eigenvalue weighted by atomic mass is 16.5. The Morgan fingerprint density at radius 3 is 3.11 bits per heavy atom. The summed E-state index contributed by atoms with van der Waals surface area (Å²) in [6.45, 7) is 2.67. The third kappa shape index (κ3) is 3.35. The fraction of sp³-hybridized carbons (Fsp3) is 0.538. The number of ether oxygens (including phenoxy) is 1. The molecule has 0 atom stereocenters. The molecule has 1 aromatic heterocycles. The normalized spacial score (nSPS) is 14.7. The number of nitrogens with zero attached hydrogens (tertiary/aromatic N) is 2. The van der Waals surface area contributed by atoms with Gasteiger partial charge in [0.15, 0.2) is 11.6 Å². The van der Waals surface area contributed by atoms with Crippen molar-refractivity contribution in [3.8, 4) is 5.75 Å². The fourth-order valence-electron chi connectivity index (χ4n) is 1.96. The third-order valence-corrected chi connectivity index (χ3v) is 2.89. The smallest absolute Gasteiger partial charge is 0.222 e. The highest BCUT2D eigenvalue weighted by molar-refractivity contribution is 5.58. The molecule has 0 saturated heterocycles. The van der Waals surface area contributed by atoms with Crippen LogP contribution < -0.4 is 15.8 Å². The van der Waals surface area contributed by atoms with Crippen LogP contribution in [0, 0.1) is 0 Å². The zero-order chi connectivity index (χ0) is 13.7. The molecule has 4 N–H and O–H groups in total. The van der Waals surface area contributed by atoms with Crippen molar-refractivity contribution in [3.05, 3.63) is 17.5 Å². The molecular formula is C13H20N4O2. The van der Waals surface area contributed by atoms with Crippen LogP contribution in [-0.4, -0.2) is 28.3 Å². The summed E-state index contributed by atoms with van der Waals surface area (Å²) in [5, 5.41) is 12.4. The number of aliphatic hydroxyl groups is 1. The van der Waals surface area contributed by atoms with E-state index in [1.54, 1.807) is 0 Å². The topological polar surface area (TPSA) is 93.3 Å². The average molecular weight is 264 g/mol. The molecule has 1 aromatic rings. The Labute approximate surface area is 112 Å². The fourth-order valence-corrected chi connectivity index (χ4v) is 1.96. The van der Waals surface area contributed by atoms with Crippen molar-refractivity contribution in [2.75, 3.05) is 24.3 Å². The molecule has 0 aromatic carbocycles. The first kappa shape index (κ1) is 13.6. The summed E-state index contributed by atoms with van der Waals surface area (Å²) in [4.78, 5) is 8.35. The largest absolute Gasteiger partial charge is 0.488 e. The molecule has 1 aliphatic rings. The maximum absolute atomic E-state index is 9.34. The summed E-state index contributed by atoms with van der Waals surface area (Å²) < 4.78 is 5.61. The number of hydrogen-bond donors (Lipinski definition) is 3. The third-order valence-electron chi connectivity index (χ3n) is 2.89. The first-order valence-electron chi connectivity index (χ1n) is 6.60. The van der Waals surface area contributed by atoms with Gasteiger partial charge in [0.25, 0.3) is 0 Å². The quantitative estimate of drug-likeness (QED) is 0.745. The zero-order valence-electron chi connectivity index (χ0n) is 11.1. The molecule has 0 unspecified atom stereocenters. The summed E-state index contributed by atoms with van der Waals surface area (Å²) in [5.74, 6) is 1.41. The van der Waals surface area contributed by atoms with Crippen molar-refractivity contribution in [2.24, 2.45) is 0 Å². The number of aryl methyl sites for hydroxylation is 1. The number of unbranched alkanes of at least 4 members (excludes halogenated alkanes) is 1. The summed E-state index contributed by atoms with van der Waals surface area (Å²) in [6.07, 6.45) is 5.64. The van der Waals surface area contributed by atoms with Gasteiger partial charge in [-0.15, -0.1) is 0 Å². The standard InChI is InChI=1S/C13H20N4O2/c1-2-3-5-9(8-18)15-12-11-10(6-4-7-19-11)16-13(14)17-12/h5,18H,2-4,6-8H2,1H3,(H3,14,15,16,17)/b9-5+. The number of fused-ring (bicyclic) bond motifs is 1. The maximum atomic E-state index is 9.34. The lowest BCUT2D eigenvalue weighted by Gasteiger charge is -2.20. The van der Waals surface area contributed by atoms with Gasteiger partial charge in [0.2, 0.25) is 5.95 Å². The molecule has 0 fully saturated rings. The van der Waals surface area contributed by atoms with Crippen molar-refractivity contribution in [2.45, 2.75) is 32.6 Å². The van der Waals surface area contributed by atoms with E-state index in [1.165, 1.54) is 0 Å². The van der Waals surface area contributed by atoms with Gasteiger partial charge in [-0.2, -0.15) is 4.98 Å². The predicted octanol–water partition coefficient (Wildman–Crippen LogP) is 1.47. The first-order valence-corrected chi connectivity index (χ1v) is 6.60. The number of aromatic nitrogens is 2. The number of nitrogens with two attached hydrogens (primary N) is 1. The van der Waals surface area contributed by atoms with E-state index in [2.05, 4.69) is 22.2 Å². The minimum atomic E-state index is -0.0708. The lowest BCUT2D eigenvalue weighted by Crippen LogP contribution is -2.16. The van der Waals surface area contributed by atoms with Gasteiger partial charge in [-0.05, 0) is 19.3 Å². The van der Waals surface area contributed by atoms with Crippen molar-refractivity contribution in [3.63, 3.8) is 0 Å². The Bertz CT molecular complexity index is 474. The van der Waals surface area contributed by atoms with Crippen molar-refractivity contribution >= 4 is 11.8 Å². The number of anilines is 2. The first-order chi connectivity index (χ1) is 9.24. The second-order valence-electron chi connectivity index (χ2n) is 4.46. The molecule has 0 bridgehead atoms. The molecule has 0 aliphatic carbocycles. The second-order valence-corrected chi connectivity index (χ2v) is 4.46. The summed E-state index contributed by atoms with van der Waals surface area (Å²) in [7, 11) is 0. The van der Waals surface area contributed by atoms with Gasteiger partial charge in [0.1, 0.15) is 0 Å². The molecule has 1 aliphatic heterocycles. The van der Waals surface area contributed by atoms with E-state index >= 15 is 0 Å². The van der Waals surface area contributed by atoms with E-state index in [9.17, 15) is 5.11 Å². The van der Waals surface area contributed by atoms with E-state index in [0.717, 1.165) is 31.4 Å². The van der Waals surface area contributed by atoms with E-state index in [4.69, 9.17) is 10.5 Å². The second kappa shape index (κ2) is 6.38. The number of allylic oxidation sites excluding steroid dienone is 1. The highest BCUT2D eigenvalue weighted by Crippen LogP contribution is 2.31. The van der Waals surface area contributed by atoms with Crippen molar-refractivity contribution in [1.82, 2.24) is 9.97 Å². The van der Waals surface area contributed by atoms with Crippen LogP contribution in [0.1, 0.15) is 31.9 Å². The van der Waals surface area contributed by atoms with Gasteiger partial charge in [-0.25, -0.2) is 4.98 Å². The van der Waals surface area contributed by atoms with Gasteiger partial charge in [-0.3, -0.25) is 0 Å². The predicted molar refractivity (Wildman–Crippen MR) is 74.0 cm³/mol. The van der Waals surface area contributed by atoms with Crippen molar-refractivity contribution < 1.29 is 9.84 Å². The van der Waals surface area contributed by atoms with Gasteiger partial charge in [0.05, 0.1) is 18.9 Å². The van der Waals surface area contributed by atoms with Crippen LogP contribution in [-0.2, 0) is 6.42 Å².